The molecule has 0 atom stereocenters. The minimum Gasteiger partial charge on any atom is -0.495 e. The summed E-state index contributed by atoms with van der Waals surface area (Å²) in [4.78, 5) is 30.5. The molecule has 2 aromatic carbocycles. The van der Waals surface area contributed by atoms with Crippen LogP contribution in [-0.2, 0) is 14.2 Å². The Balaban J connectivity index is 2.12. The summed E-state index contributed by atoms with van der Waals surface area (Å²) in [5, 5.41) is 12.6. The number of methoxy groups -OCH3 is 1. The van der Waals surface area contributed by atoms with Gasteiger partial charge < -0.3 is 35.5 Å². The van der Waals surface area contributed by atoms with Crippen LogP contribution in [0.2, 0.25) is 0 Å². The minimum atomic E-state index is -2.54. The van der Waals surface area contributed by atoms with Gasteiger partial charge in [-0.25, -0.2) is 4.99 Å². The first kappa shape index (κ1) is 34.1. The first-order chi connectivity index (χ1) is 19.8. The van der Waals surface area contributed by atoms with Gasteiger partial charge in [-0.1, -0.05) is 30.3 Å². The van der Waals surface area contributed by atoms with Crippen molar-refractivity contribution in [3.63, 3.8) is 0 Å². The zero-order chi connectivity index (χ0) is 31.3. The van der Waals surface area contributed by atoms with Crippen LogP contribution < -0.4 is 31.3 Å². The smallest absolute Gasteiger partial charge is 0.248 e. The normalized spacial score (nSPS) is 12.1. The summed E-state index contributed by atoms with van der Waals surface area (Å²) in [6.07, 6.45) is 3.78. The third-order valence-corrected chi connectivity index (χ3v) is 7.39. The monoisotopic (exact) mass is 612 g/mol. The van der Waals surface area contributed by atoms with Gasteiger partial charge in [0, 0.05) is 41.9 Å². The summed E-state index contributed by atoms with van der Waals surface area (Å²) in [5.41, 5.74) is 4.80. The van der Waals surface area contributed by atoms with Crippen molar-refractivity contribution in [1.29, 1.82) is 0 Å². The molecule has 0 saturated carbocycles. The van der Waals surface area contributed by atoms with Crippen molar-refractivity contribution in [2.45, 2.75) is 6.92 Å². The van der Waals surface area contributed by atoms with Crippen molar-refractivity contribution in [3.8, 4) is 5.75 Å². The molecule has 2 rings (SSSR count). The molecule has 0 bridgehead atoms. The number of para-hydroxylation sites is 1. The lowest BCUT2D eigenvalue weighted by Crippen LogP contribution is -2.30. The zero-order valence-electron chi connectivity index (χ0n) is 24.7. The second-order valence-electron chi connectivity index (χ2n) is 9.69. The molecule has 0 spiro atoms. The molecule has 2 amide bonds. The predicted octanol–water partition coefficient (Wildman–Crippen LogP) is 4.81. The zero-order valence-corrected chi connectivity index (χ0v) is 26.4. The number of nitrogens with zero attached hydrogens (tertiary/aromatic N) is 2. The van der Waals surface area contributed by atoms with E-state index in [2.05, 4.69) is 38.6 Å². The van der Waals surface area contributed by atoms with E-state index in [1.807, 2.05) is 37.2 Å². The topological polar surface area (TPSA) is 124 Å². The van der Waals surface area contributed by atoms with Crippen LogP contribution in [0.5, 0.6) is 5.75 Å². The number of allylic oxidation sites excluding steroid dienone is 1. The molecule has 42 heavy (non-hydrogen) atoms. The maximum atomic E-state index is 12.7. The first-order valence-electron chi connectivity index (χ1n) is 12.9. The molecule has 0 aliphatic carbocycles. The molecule has 0 radical (unpaired) electrons. The number of carbonyl (C=O) groups is 2. The van der Waals surface area contributed by atoms with Gasteiger partial charge in [-0.3, -0.25) is 9.59 Å². The van der Waals surface area contributed by atoms with Crippen molar-refractivity contribution in [3.05, 3.63) is 83.9 Å². The maximum absolute atomic E-state index is 12.7. The second kappa shape index (κ2) is 16.4. The number of hydrogen-bond acceptors (Lipinski definition) is 7. The molecule has 224 valence electrons. The number of hydrogen-bond donors (Lipinski definition) is 4. The van der Waals surface area contributed by atoms with Crippen molar-refractivity contribution >= 4 is 58.8 Å². The van der Waals surface area contributed by atoms with Gasteiger partial charge in [0.25, 0.3) is 0 Å². The Morgan fingerprint density at radius 3 is 2.40 bits per heavy atom. The number of aliphatic imine (C=N–C) groups is 1. The highest BCUT2D eigenvalue weighted by Gasteiger charge is 2.16. The quantitative estimate of drug-likeness (QED) is 0.0639. The standard InChI is InChI=1S/C30H38ClN6O4P/c1-8-24(36-25-11-9-10-12-28(25)42(6,7)40)23(31)20-33-21(2)34-26-19-22(13-14-27(26)41-5)35-30(39)16-15-29(38)32-17-18-37(3)4/h9-16,19-20,36H,1,17-18H2,2-7H3,(H,32,38)(H,33,34)(H,35,39)/b16-15-,23-20+. The highest BCUT2D eigenvalue weighted by Crippen LogP contribution is 2.38. The summed E-state index contributed by atoms with van der Waals surface area (Å²) in [6, 6.07) is 12.3. The molecule has 10 nitrogen and oxygen atoms in total. The minimum absolute atomic E-state index is 0.230. The second-order valence-corrected chi connectivity index (χ2v) is 13.3. The average molecular weight is 613 g/mol. The van der Waals surface area contributed by atoms with Crippen LogP contribution in [0.3, 0.4) is 0 Å². The Labute approximate surface area is 252 Å². The molecule has 2 aromatic rings. The van der Waals surface area contributed by atoms with Crippen LogP contribution in [-0.4, -0.2) is 70.2 Å². The number of rotatable bonds is 13. The van der Waals surface area contributed by atoms with Gasteiger partial charge in [0.2, 0.25) is 11.8 Å². The number of amides is 2. The Bertz CT molecular complexity index is 1470. The van der Waals surface area contributed by atoms with E-state index < -0.39 is 13.0 Å². The number of amidine groups is 1. The number of carbonyl (C=O) groups excluding carboxylic acids is 2. The summed E-state index contributed by atoms with van der Waals surface area (Å²) in [5.74, 6) is 0.170. The van der Waals surface area contributed by atoms with Crippen molar-refractivity contribution in [1.82, 2.24) is 10.2 Å². The fraction of sp³-hybridized carbons (Fsp3) is 0.267. The van der Waals surface area contributed by atoms with E-state index in [-0.39, 0.29) is 10.9 Å². The van der Waals surface area contributed by atoms with Crippen molar-refractivity contribution in [2.75, 3.05) is 63.6 Å². The fourth-order valence-electron chi connectivity index (χ4n) is 3.50. The molecule has 0 unspecified atom stereocenters. The summed E-state index contributed by atoms with van der Waals surface area (Å²) < 4.78 is 18.1. The SMILES string of the molecule is C=C=C(Nc1ccccc1P(C)(C)=O)/C(Cl)=C\N=C(/C)Nc1cc(NC(=O)/C=C\C(=O)NCCN(C)C)ccc1OC. The number of nitrogens with one attached hydrogen (secondary N) is 4. The van der Waals surface area contributed by atoms with Crippen LogP contribution in [0.25, 0.3) is 0 Å². The van der Waals surface area contributed by atoms with E-state index in [0.717, 1.165) is 0 Å². The molecule has 12 heteroatoms. The maximum Gasteiger partial charge on any atom is 0.248 e. The Morgan fingerprint density at radius 1 is 1.07 bits per heavy atom. The number of anilines is 3. The molecule has 0 aliphatic heterocycles. The van der Waals surface area contributed by atoms with E-state index in [4.69, 9.17) is 16.3 Å². The van der Waals surface area contributed by atoms with Gasteiger partial charge in [0.15, 0.2) is 0 Å². The number of halogens is 1. The Morgan fingerprint density at radius 2 is 1.76 bits per heavy atom. The number of benzene rings is 2. The molecular weight excluding hydrogens is 575 g/mol. The third kappa shape index (κ3) is 11.4. The first-order valence-corrected chi connectivity index (χ1v) is 15.9. The lowest BCUT2D eigenvalue weighted by Gasteiger charge is -2.15. The Kier molecular flexibility index (Phi) is 13.3. The fourth-order valence-corrected chi connectivity index (χ4v) is 4.82. The van der Waals surface area contributed by atoms with Gasteiger partial charge in [-0.05, 0) is 64.7 Å². The van der Waals surface area contributed by atoms with Crippen LogP contribution in [0.1, 0.15) is 6.92 Å². The van der Waals surface area contributed by atoms with Gasteiger partial charge in [-0.2, -0.15) is 0 Å². The van der Waals surface area contributed by atoms with E-state index in [9.17, 15) is 14.2 Å². The third-order valence-electron chi connectivity index (χ3n) is 5.56. The molecule has 0 fully saturated rings. The largest absolute Gasteiger partial charge is 0.495 e. The lowest BCUT2D eigenvalue weighted by atomic mass is 10.2. The molecule has 0 saturated heterocycles. The predicted molar refractivity (Wildman–Crippen MR) is 175 cm³/mol. The summed E-state index contributed by atoms with van der Waals surface area (Å²) >= 11 is 6.49. The molecule has 0 heterocycles. The highest BCUT2D eigenvalue weighted by molar-refractivity contribution is 7.70. The summed E-state index contributed by atoms with van der Waals surface area (Å²) in [7, 11) is 2.79. The van der Waals surface area contributed by atoms with Crippen LogP contribution >= 0.6 is 18.7 Å². The van der Waals surface area contributed by atoms with Crippen LogP contribution in [0.15, 0.2) is 88.8 Å². The van der Waals surface area contributed by atoms with Gasteiger partial charge in [0.1, 0.15) is 24.4 Å². The van der Waals surface area contributed by atoms with E-state index in [1.165, 1.54) is 25.5 Å². The van der Waals surface area contributed by atoms with Crippen molar-refractivity contribution in [2.24, 2.45) is 4.99 Å². The van der Waals surface area contributed by atoms with Crippen LogP contribution in [0, 0.1) is 0 Å². The van der Waals surface area contributed by atoms with Gasteiger partial charge in [0.05, 0.1) is 24.0 Å². The molecular formula is C30H38ClN6O4P. The molecule has 0 aliphatic rings. The van der Waals surface area contributed by atoms with Gasteiger partial charge >= 0.3 is 0 Å². The van der Waals surface area contributed by atoms with Crippen molar-refractivity contribution < 1.29 is 18.9 Å². The number of likely N-dealkylation sites (N-methyl/N-ethyl adjacent to an activating group) is 1. The Hall–Kier alpha value is -4.07. The summed E-state index contributed by atoms with van der Waals surface area (Å²) in [6.45, 7) is 9.99. The van der Waals surface area contributed by atoms with Crippen LogP contribution in [0.4, 0.5) is 17.1 Å². The molecule has 0 aromatic heterocycles. The highest BCUT2D eigenvalue weighted by atomic mass is 35.5. The molecule has 4 N–H and O–H groups in total. The van der Waals surface area contributed by atoms with E-state index in [1.54, 1.807) is 44.5 Å². The van der Waals surface area contributed by atoms with Gasteiger partial charge in [-0.15, -0.1) is 5.73 Å². The average Bonchev–Trinajstić information content (AvgIpc) is 2.93. The van der Waals surface area contributed by atoms with E-state index in [0.29, 0.717) is 52.7 Å². The lowest BCUT2D eigenvalue weighted by molar-refractivity contribution is -0.117. The van der Waals surface area contributed by atoms with E-state index >= 15 is 0 Å². The number of ether oxygens (including phenoxy) is 1.